The van der Waals surface area contributed by atoms with Crippen LogP contribution in [0.4, 0.5) is 0 Å². The predicted octanol–water partition coefficient (Wildman–Crippen LogP) is -0.0668. The normalized spacial score (nSPS) is 26.1. The summed E-state index contributed by atoms with van der Waals surface area (Å²) in [6, 6.07) is 0. The third-order valence-electron chi connectivity index (χ3n) is 3.20. The molecule has 2 aliphatic rings. The molecule has 1 N–H and O–H groups in total. The second-order valence-corrected chi connectivity index (χ2v) is 4.60. The van der Waals surface area contributed by atoms with Gasteiger partial charge in [0, 0.05) is 13.1 Å². The minimum Gasteiger partial charge on any atom is -0.493 e. The smallest absolute Gasteiger partial charge is 0.331 e. The topological polar surface area (TPSA) is 72.2 Å². The van der Waals surface area contributed by atoms with Crippen LogP contribution in [0.3, 0.4) is 0 Å². The van der Waals surface area contributed by atoms with Gasteiger partial charge < -0.3 is 14.6 Å². The SMILES string of the molecule is O=c1n(CCC2CO2)cc(O)n1CCC1CO1. The van der Waals surface area contributed by atoms with E-state index < -0.39 is 0 Å². The molecule has 0 spiro atoms. The maximum absolute atomic E-state index is 11.9. The zero-order valence-corrected chi connectivity index (χ0v) is 9.54. The molecule has 3 heterocycles. The Morgan fingerprint density at radius 1 is 1.24 bits per heavy atom. The molecule has 1 aromatic rings. The summed E-state index contributed by atoms with van der Waals surface area (Å²) in [5.41, 5.74) is -0.149. The van der Waals surface area contributed by atoms with Gasteiger partial charge in [0.2, 0.25) is 5.88 Å². The summed E-state index contributed by atoms with van der Waals surface area (Å²) in [4.78, 5) is 11.9. The van der Waals surface area contributed by atoms with Gasteiger partial charge in [-0.25, -0.2) is 4.79 Å². The monoisotopic (exact) mass is 240 g/mol. The Morgan fingerprint density at radius 2 is 1.82 bits per heavy atom. The van der Waals surface area contributed by atoms with Crippen molar-refractivity contribution in [2.75, 3.05) is 13.2 Å². The standard InChI is InChI=1S/C11H16N2O4/c14-10-5-12(3-1-8-6-16-8)11(15)13(10)4-2-9-7-17-9/h5,8-9,14H,1-4,6-7H2. The fraction of sp³-hybridized carbons (Fsp3) is 0.727. The lowest BCUT2D eigenvalue weighted by atomic mass is 10.3. The lowest BCUT2D eigenvalue weighted by Gasteiger charge is -2.00. The molecule has 6 heteroatoms. The zero-order chi connectivity index (χ0) is 11.8. The Morgan fingerprint density at radius 3 is 2.41 bits per heavy atom. The van der Waals surface area contributed by atoms with E-state index in [2.05, 4.69) is 0 Å². The van der Waals surface area contributed by atoms with Gasteiger partial charge in [0.1, 0.15) is 0 Å². The molecule has 0 radical (unpaired) electrons. The Hall–Kier alpha value is -1.27. The van der Waals surface area contributed by atoms with E-state index in [9.17, 15) is 9.90 Å². The summed E-state index contributed by atoms with van der Waals surface area (Å²) in [6.07, 6.45) is 3.67. The van der Waals surface area contributed by atoms with Crippen molar-refractivity contribution in [1.82, 2.24) is 9.13 Å². The van der Waals surface area contributed by atoms with Crippen LogP contribution in [0.5, 0.6) is 5.88 Å². The van der Waals surface area contributed by atoms with Crippen molar-refractivity contribution < 1.29 is 14.6 Å². The van der Waals surface area contributed by atoms with Crippen molar-refractivity contribution in [3.8, 4) is 5.88 Å². The van der Waals surface area contributed by atoms with E-state index >= 15 is 0 Å². The lowest BCUT2D eigenvalue weighted by Crippen LogP contribution is -2.25. The molecule has 17 heavy (non-hydrogen) atoms. The molecule has 0 amide bonds. The highest BCUT2D eigenvalue weighted by Crippen LogP contribution is 2.17. The Bertz CT molecular complexity index is 457. The first-order valence-electron chi connectivity index (χ1n) is 5.96. The highest BCUT2D eigenvalue weighted by atomic mass is 16.6. The minimum atomic E-state index is -0.149. The molecule has 0 aromatic carbocycles. The predicted molar refractivity (Wildman–Crippen MR) is 59.1 cm³/mol. The van der Waals surface area contributed by atoms with Gasteiger partial charge in [-0.3, -0.25) is 9.13 Å². The maximum atomic E-state index is 11.9. The maximum Gasteiger partial charge on any atom is 0.331 e. The summed E-state index contributed by atoms with van der Waals surface area (Å²) >= 11 is 0. The van der Waals surface area contributed by atoms with Crippen LogP contribution in [-0.4, -0.2) is 39.7 Å². The Balaban J connectivity index is 1.65. The molecule has 2 atom stereocenters. The van der Waals surface area contributed by atoms with Gasteiger partial charge in [-0.15, -0.1) is 0 Å². The van der Waals surface area contributed by atoms with Crippen LogP contribution in [-0.2, 0) is 22.6 Å². The van der Waals surface area contributed by atoms with Gasteiger partial charge >= 0.3 is 5.69 Å². The van der Waals surface area contributed by atoms with Crippen LogP contribution >= 0.6 is 0 Å². The average Bonchev–Trinajstić information content (AvgIpc) is 3.17. The van der Waals surface area contributed by atoms with Gasteiger partial charge in [0.25, 0.3) is 0 Å². The van der Waals surface area contributed by atoms with Crippen LogP contribution in [0.2, 0.25) is 0 Å². The van der Waals surface area contributed by atoms with Crippen LogP contribution < -0.4 is 5.69 Å². The molecule has 1 aromatic heterocycles. The Kier molecular flexibility index (Phi) is 2.68. The van der Waals surface area contributed by atoms with Gasteiger partial charge in [-0.05, 0) is 12.8 Å². The molecule has 0 aliphatic carbocycles. The summed E-state index contributed by atoms with van der Waals surface area (Å²) in [7, 11) is 0. The van der Waals surface area contributed by atoms with Crippen molar-refractivity contribution in [3.05, 3.63) is 16.7 Å². The number of rotatable bonds is 6. The van der Waals surface area contributed by atoms with Crippen molar-refractivity contribution >= 4 is 0 Å². The molecule has 94 valence electrons. The van der Waals surface area contributed by atoms with E-state index in [0.717, 1.165) is 26.1 Å². The van der Waals surface area contributed by atoms with Gasteiger partial charge in [-0.2, -0.15) is 0 Å². The summed E-state index contributed by atoms with van der Waals surface area (Å²) in [5.74, 6) is 0.0346. The van der Waals surface area contributed by atoms with Gasteiger partial charge in [0.05, 0.1) is 31.6 Å². The highest BCUT2D eigenvalue weighted by Gasteiger charge is 2.24. The molecule has 0 saturated carbocycles. The second-order valence-electron chi connectivity index (χ2n) is 4.60. The molecule has 0 bridgehead atoms. The third-order valence-corrected chi connectivity index (χ3v) is 3.20. The zero-order valence-electron chi connectivity index (χ0n) is 9.54. The third kappa shape index (κ3) is 2.53. The van der Waals surface area contributed by atoms with Crippen LogP contribution in [0.25, 0.3) is 0 Å². The highest BCUT2D eigenvalue weighted by molar-refractivity contribution is 5.05. The summed E-state index contributed by atoms with van der Waals surface area (Å²) in [5, 5.41) is 9.70. The molecule has 3 rings (SSSR count). The minimum absolute atomic E-state index is 0.0346. The van der Waals surface area contributed by atoms with Crippen molar-refractivity contribution in [3.63, 3.8) is 0 Å². The van der Waals surface area contributed by atoms with Crippen molar-refractivity contribution in [2.24, 2.45) is 0 Å². The number of hydrogen-bond donors (Lipinski definition) is 1. The lowest BCUT2D eigenvalue weighted by molar-refractivity contribution is 0.365. The second kappa shape index (κ2) is 4.19. The van der Waals surface area contributed by atoms with Crippen molar-refractivity contribution in [2.45, 2.75) is 38.1 Å². The van der Waals surface area contributed by atoms with E-state index in [1.807, 2.05) is 0 Å². The van der Waals surface area contributed by atoms with E-state index in [1.54, 1.807) is 4.57 Å². The molecule has 2 fully saturated rings. The Labute approximate surface area is 98.4 Å². The number of aryl methyl sites for hydroxylation is 1. The number of hydrogen-bond acceptors (Lipinski definition) is 4. The van der Waals surface area contributed by atoms with Gasteiger partial charge in [0.15, 0.2) is 0 Å². The van der Waals surface area contributed by atoms with Gasteiger partial charge in [-0.1, -0.05) is 0 Å². The fourth-order valence-electron chi connectivity index (χ4n) is 1.91. The fourth-order valence-corrected chi connectivity index (χ4v) is 1.91. The van der Waals surface area contributed by atoms with E-state index in [0.29, 0.717) is 19.2 Å². The van der Waals surface area contributed by atoms with Crippen LogP contribution in [0.15, 0.2) is 11.0 Å². The van der Waals surface area contributed by atoms with E-state index in [-0.39, 0.29) is 17.7 Å². The average molecular weight is 240 g/mol. The number of epoxide rings is 2. The number of aromatic hydroxyl groups is 1. The molecule has 6 nitrogen and oxygen atoms in total. The largest absolute Gasteiger partial charge is 0.493 e. The van der Waals surface area contributed by atoms with Crippen LogP contribution in [0, 0.1) is 0 Å². The molecular weight excluding hydrogens is 224 g/mol. The molecular formula is C11H16N2O4. The summed E-state index contributed by atoms with van der Waals surface area (Å²) < 4.78 is 13.1. The van der Waals surface area contributed by atoms with Crippen molar-refractivity contribution in [1.29, 1.82) is 0 Å². The number of nitrogens with zero attached hydrogens (tertiary/aromatic N) is 2. The molecule has 2 unspecified atom stereocenters. The van der Waals surface area contributed by atoms with E-state index in [4.69, 9.17) is 9.47 Å². The number of imidazole rings is 1. The molecule has 2 aliphatic heterocycles. The van der Waals surface area contributed by atoms with Crippen LogP contribution in [0.1, 0.15) is 12.8 Å². The first-order valence-corrected chi connectivity index (χ1v) is 5.96. The quantitative estimate of drug-likeness (QED) is 0.707. The summed E-state index contributed by atoms with van der Waals surface area (Å²) in [6.45, 7) is 2.68. The van der Waals surface area contributed by atoms with E-state index in [1.165, 1.54) is 10.8 Å². The number of aromatic nitrogens is 2. The first kappa shape index (κ1) is 10.9. The molecule has 2 saturated heterocycles. The number of ether oxygens (including phenoxy) is 2. The first-order chi connectivity index (χ1) is 8.24.